The van der Waals surface area contributed by atoms with Crippen LogP contribution in [0, 0.1) is 0 Å². The molecule has 1 aliphatic heterocycles. The maximum Gasteiger partial charge on any atom is 0.194 e. The van der Waals surface area contributed by atoms with E-state index < -0.39 is 0 Å². The van der Waals surface area contributed by atoms with E-state index in [1.807, 2.05) is 18.8 Å². The van der Waals surface area contributed by atoms with Crippen LogP contribution in [0.25, 0.3) is 0 Å². The highest BCUT2D eigenvalue weighted by molar-refractivity contribution is 14.0. The molecular weight excluding hydrogens is 469 g/mol. The van der Waals surface area contributed by atoms with Gasteiger partial charge in [0.2, 0.25) is 0 Å². The Balaban J connectivity index is 0.00000261. The first-order valence-corrected chi connectivity index (χ1v) is 10.3. The number of hydrogen-bond donors (Lipinski definition) is 1. The van der Waals surface area contributed by atoms with Crippen molar-refractivity contribution >= 4 is 47.4 Å². The molecule has 148 valence electrons. The Morgan fingerprint density at radius 1 is 1.19 bits per heavy atom. The van der Waals surface area contributed by atoms with E-state index in [0.717, 1.165) is 32.1 Å². The molecule has 1 aliphatic rings. The molecule has 0 bridgehead atoms. The van der Waals surface area contributed by atoms with Gasteiger partial charge in [0, 0.05) is 69.9 Å². The molecule has 3 rings (SSSR count). The first kappa shape index (κ1) is 21.9. The average Bonchev–Trinajstić information content (AvgIpc) is 3.08. The lowest BCUT2D eigenvalue weighted by Crippen LogP contribution is -2.38. The SMILES string of the molecule is CN=C(NCc1ccc(N2CCSCC2)cc1)N(C)Cc1cccn1C.I. The van der Waals surface area contributed by atoms with Crippen LogP contribution in [-0.4, -0.2) is 54.1 Å². The van der Waals surface area contributed by atoms with Crippen LogP contribution < -0.4 is 10.2 Å². The lowest BCUT2D eigenvalue weighted by Gasteiger charge is -2.28. The van der Waals surface area contributed by atoms with Crippen molar-refractivity contribution in [2.45, 2.75) is 13.1 Å². The predicted octanol–water partition coefficient (Wildman–Crippen LogP) is 3.40. The van der Waals surface area contributed by atoms with Crippen LogP contribution in [0.15, 0.2) is 47.6 Å². The number of benzene rings is 1. The molecule has 1 fully saturated rings. The van der Waals surface area contributed by atoms with E-state index in [1.54, 1.807) is 0 Å². The van der Waals surface area contributed by atoms with Gasteiger partial charge < -0.3 is 19.7 Å². The van der Waals surface area contributed by atoms with Crippen molar-refractivity contribution in [3.8, 4) is 0 Å². The van der Waals surface area contributed by atoms with Gasteiger partial charge in [-0.05, 0) is 29.8 Å². The van der Waals surface area contributed by atoms with E-state index in [2.05, 4.69) is 81.4 Å². The molecule has 0 spiro atoms. The van der Waals surface area contributed by atoms with Crippen molar-refractivity contribution < 1.29 is 0 Å². The number of rotatable bonds is 5. The van der Waals surface area contributed by atoms with Gasteiger partial charge in [-0.15, -0.1) is 24.0 Å². The molecule has 0 saturated carbocycles. The van der Waals surface area contributed by atoms with E-state index in [-0.39, 0.29) is 24.0 Å². The summed E-state index contributed by atoms with van der Waals surface area (Å²) in [7, 11) is 5.98. The highest BCUT2D eigenvalue weighted by atomic mass is 127. The molecule has 1 saturated heterocycles. The topological polar surface area (TPSA) is 35.8 Å². The zero-order valence-corrected chi connectivity index (χ0v) is 19.5. The number of guanidine groups is 1. The van der Waals surface area contributed by atoms with Gasteiger partial charge in [-0.2, -0.15) is 11.8 Å². The second-order valence-corrected chi connectivity index (χ2v) is 7.86. The van der Waals surface area contributed by atoms with E-state index in [4.69, 9.17) is 0 Å². The maximum absolute atomic E-state index is 4.42. The molecule has 27 heavy (non-hydrogen) atoms. The Morgan fingerprint density at radius 3 is 2.48 bits per heavy atom. The number of anilines is 1. The fourth-order valence-corrected chi connectivity index (χ4v) is 4.09. The minimum atomic E-state index is 0. The molecular formula is C20H30IN5S. The van der Waals surface area contributed by atoms with E-state index >= 15 is 0 Å². The molecule has 0 aliphatic carbocycles. The summed E-state index contributed by atoms with van der Waals surface area (Å²) in [5.74, 6) is 3.36. The Morgan fingerprint density at radius 2 is 1.89 bits per heavy atom. The first-order chi connectivity index (χ1) is 12.7. The molecule has 0 unspecified atom stereocenters. The predicted molar refractivity (Wildman–Crippen MR) is 128 cm³/mol. The molecule has 0 radical (unpaired) electrons. The van der Waals surface area contributed by atoms with Crippen molar-refractivity contribution in [2.75, 3.05) is 43.6 Å². The molecule has 1 aromatic carbocycles. The van der Waals surface area contributed by atoms with Gasteiger partial charge in [-0.3, -0.25) is 4.99 Å². The molecule has 1 N–H and O–H groups in total. The molecule has 1 aromatic heterocycles. The summed E-state index contributed by atoms with van der Waals surface area (Å²) in [5, 5.41) is 3.47. The summed E-state index contributed by atoms with van der Waals surface area (Å²) >= 11 is 2.04. The molecule has 0 atom stereocenters. The number of aryl methyl sites for hydroxylation is 1. The van der Waals surface area contributed by atoms with Gasteiger partial charge >= 0.3 is 0 Å². The van der Waals surface area contributed by atoms with Crippen LogP contribution in [0.1, 0.15) is 11.3 Å². The maximum atomic E-state index is 4.42. The third-order valence-corrected chi connectivity index (χ3v) is 5.73. The zero-order chi connectivity index (χ0) is 18.4. The van der Waals surface area contributed by atoms with Crippen LogP contribution in [0.4, 0.5) is 5.69 Å². The van der Waals surface area contributed by atoms with Crippen LogP contribution in [0.5, 0.6) is 0 Å². The monoisotopic (exact) mass is 499 g/mol. The van der Waals surface area contributed by atoms with Crippen LogP contribution in [-0.2, 0) is 20.1 Å². The van der Waals surface area contributed by atoms with Crippen LogP contribution in [0.3, 0.4) is 0 Å². The molecule has 2 heterocycles. The fourth-order valence-electron chi connectivity index (χ4n) is 3.19. The Kier molecular flexibility index (Phi) is 8.82. The van der Waals surface area contributed by atoms with Gasteiger partial charge in [0.05, 0.1) is 6.54 Å². The standard InChI is InChI=1S/C20H29N5S.HI/c1-21-20(24(3)16-19-5-4-10-23(19)2)22-15-17-6-8-18(9-7-17)25-11-13-26-14-12-25;/h4-10H,11-16H2,1-3H3,(H,21,22);1H. The van der Waals surface area contributed by atoms with Crippen LogP contribution in [0.2, 0.25) is 0 Å². The number of aromatic nitrogens is 1. The number of hydrogen-bond acceptors (Lipinski definition) is 3. The average molecular weight is 499 g/mol. The van der Waals surface area contributed by atoms with Crippen molar-refractivity contribution in [3.63, 3.8) is 0 Å². The van der Waals surface area contributed by atoms with Crippen molar-refractivity contribution in [2.24, 2.45) is 12.0 Å². The summed E-state index contributed by atoms with van der Waals surface area (Å²) in [5.41, 5.74) is 3.87. The second-order valence-electron chi connectivity index (χ2n) is 6.63. The van der Waals surface area contributed by atoms with E-state index in [0.29, 0.717) is 0 Å². The summed E-state index contributed by atoms with van der Waals surface area (Å²) in [6, 6.07) is 13.1. The summed E-state index contributed by atoms with van der Waals surface area (Å²) in [6.07, 6.45) is 2.07. The minimum absolute atomic E-state index is 0. The molecule has 0 amide bonds. The lowest BCUT2D eigenvalue weighted by molar-refractivity contribution is 0.461. The third-order valence-electron chi connectivity index (χ3n) is 4.79. The normalized spacial score (nSPS) is 14.6. The van der Waals surface area contributed by atoms with Gasteiger partial charge in [-0.25, -0.2) is 0 Å². The molecule has 7 heteroatoms. The van der Waals surface area contributed by atoms with Gasteiger partial charge in [0.25, 0.3) is 0 Å². The summed E-state index contributed by atoms with van der Waals surface area (Å²) in [4.78, 5) is 9.04. The number of aliphatic imine (C=N–C) groups is 1. The minimum Gasteiger partial charge on any atom is -0.370 e. The van der Waals surface area contributed by atoms with Gasteiger partial charge in [0.1, 0.15) is 0 Å². The largest absolute Gasteiger partial charge is 0.370 e. The first-order valence-electron chi connectivity index (χ1n) is 9.11. The summed E-state index contributed by atoms with van der Waals surface area (Å²) in [6.45, 7) is 3.91. The number of nitrogens with zero attached hydrogens (tertiary/aromatic N) is 4. The number of nitrogens with one attached hydrogen (secondary N) is 1. The number of halogens is 1. The van der Waals surface area contributed by atoms with Crippen LogP contribution >= 0.6 is 35.7 Å². The zero-order valence-electron chi connectivity index (χ0n) is 16.4. The third kappa shape index (κ3) is 6.07. The van der Waals surface area contributed by atoms with Gasteiger partial charge in [-0.1, -0.05) is 12.1 Å². The van der Waals surface area contributed by atoms with Crippen molar-refractivity contribution in [1.29, 1.82) is 0 Å². The highest BCUT2D eigenvalue weighted by Gasteiger charge is 2.11. The summed E-state index contributed by atoms with van der Waals surface area (Å²) < 4.78 is 2.14. The Labute approximate surface area is 184 Å². The Bertz CT molecular complexity index is 722. The lowest BCUT2D eigenvalue weighted by atomic mass is 10.2. The molecule has 5 nitrogen and oxygen atoms in total. The van der Waals surface area contributed by atoms with Crippen molar-refractivity contribution in [3.05, 3.63) is 53.9 Å². The second kappa shape index (κ2) is 10.8. The smallest absolute Gasteiger partial charge is 0.194 e. The Hall–Kier alpha value is -1.35. The highest BCUT2D eigenvalue weighted by Crippen LogP contribution is 2.19. The molecule has 2 aromatic rings. The van der Waals surface area contributed by atoms with Gasteiger partial charge in [0.15, 0.2) is 5.96 Å². The number of thioether (sulfide) groups is 1. The van der Waals surface area contributed by atoms with E-state index in [1.165, 1.54) is 28.5 Å². The fraction of sp³-hybridized carbons (Fsp3) is 0.450. The quantitative estimate of drug-likeness (QED) is 0.389. The van der Waals surface area contributed by atoms with E-state index in [9.17, 15) is 0 Å². The van der Waals surface area contributed by atoms with Crippen molar-refractivity contribution in [1.82, 2.24) is 14.8 Å².